The molecule has 7 nitrogen and oxygen atoms in total. The largest absolute Gasteiger partial charge is 0.481 e. The second-order valence-corrected chi connectivity index (χ2v) is 3.08. The maximum Gasteiger partial charge on any atom is 0.352 e. The summed E-state index contributed by atoms with van der Waals surface area (Å²) in [5, 5.41) is 20.8. The van der Waals surface area contributed by atoms with Crippen LogP contribution in [0.3, 0.4) is 0 Å². The number of hydrazone groups is 1. The molecule has 0 spiro atoms. The van der Waals surface area contributed by atoms with Crippen molar-refractivity contribution in [3.05, 3.63) is 24.4 Å². The topological polar surface area (TPSA) is 112 Å². The molecule has 0 atom stereocenters. The summed E-state index contributed by atoms with van der Waals surface area (Å²) >= 11 is 0. The second kappa shape index (κ2) is 6.21. The molecule has 0 amide bonds. The normalized spacial score (nSPS) is 10.9. The Hall–Kier alpha value is -2.44. The van der Waals surface area contributed by atoms with E-state index >= 15 is 0 Å². The van der Waals surface area contributed by atoms with Crippen LogP contribution in [-0.4, -0.2) is 32.8 Å². The van der Waals surface area contributed by atoms with Crippen LogP contribution in [0.1, 0.15) is 12.8 Å². The van der Waals surface area contributed by atoms with Crippen LogP contribution in [0, 0.1) is 0 Å². The van der Waals surface area contributed by atoms with Gasteiger partial charge in [0.15, 0.2) is 0 Å². The molecule has 1 aromatic rings. The Labute approximate surface area is 96.8 Å². The van der Waals surface area contributed by atoms with Gasteiger partial charge in [0.1, 0.15) is 11.5 Å². The van der Waals surface area contributed by atoms with E-state index in [4.69, 9.17) is 10.2 Å². The molecule has 1 rings (SSSR count). The number of anilines is 1. The lowest BCUT2D eigenvalue weighted by atomic mass is 10.2. The minimum atomic E-state index is -1.25. The van der Waals surface area contributed by atoms with Crippen LogP contribution in [0.25, 0.3) is 0 Å². The second-order valence-electron chi connectivity index (χ2n) is 3.08. The molecule has 0 saturated heterocycles. The summed E-state index contributed by atoms with van der Waals surface area (Å²) in [5.41, 5.74) is 2.20. The molecular weight excluding hydrogens is 226 g/mol. The molecule has 0 radical (unpaired) electrons. The van der Waals surface area contributed by atoms with Crippen molar-refractivity contribution in [3.63, 3.8) is 0 Å². The maximum absolute atomic E-state index is 10.7. The van der Waals surface area contributed by atoms with Crippen LogP contribution in [0.4, 0.5) is 5.82 Å². The number of carboxylic acid groups (broad SMARTS) is 2. The number of rotatable bonds is 6. The Bertz CT molecular complexity index is 430. The molecule has 17 heavy (non-hydrogen) atoms. The number of hydrogen-bond acceptors (Lipinski definition) is 5. The standard InChI is InChI=1S/C10H11N3O4/c14-9(15)5-4-7(10(16)17)12-13-8-3-1-2-6-11-8/h1-3,6H,4-5H2,(H,11,13)(H,14,15)(H,16,17). The van der Waals surface area contributed by atoms with Gasteiger partial charge in [-0.2, -0.15) is 5.10 Å². The third-order valence-corrected chi connectivity index (χ3v) is 1.79. The summed E-state index contributed by atoms with van der Waals surface area (Å²) in [6.45, 7) is 0. The molecule has 0 fully saturated rings. The van der Waals surface area contributed by atoms with E-state index in [1.165, 1.54) is 6.20 Å². The van der Waals surface area contributed by atoms with Crippen molar-refractivity contribution in [2.45, 2.75) is 12.8 Å². The minimum Gasteiger partial charge on any atom is -0.481 e. The zero-order valence-electron chi connectivity index (χ0n) is 8.83. The maximum atomic E-state index is 10.7. The van der Waals surface area contributed by atoms with Gasteiger partial charge in [-0.05, 0) is 12.1 Å². The van der Waals surface area contributed by atoms with Crippen LogP contribution in [0.15, 0.2) is 29.5 Å². The summed E-state index contributed by atoms with van der Waals surface area (Å²) < 4.78 is 0. The Kier molecular flexibility index (Phi) is 4.61. The first-order valence-electron chi connectivity index (χ1n) is 4.78. The van der Waals surface area contributed by atoms with Crippen molar-refractivity contribution in [1.29, 1.82) is 0 Å². The van der Waals surface area contributed by atoms with Crippen molar-refractivity contribution < 1.29 is 19.8 Å². The first-order chi connectivity index (χ1) is 8.09. The van der Waals surface area contributed by atoms with Crippen LogP contribution in [-0.2, 0) is 9.59 Å². The van der Waals surface area contributed by atoms with Gasteiger partial charge < -0.3 is 10.2 Å². The predicted molar refractivity (Wildman–Crippen MR) is 59.8 cm³/mol. The Balaban J connectivity index is 2.64. The summed E-state index contributed by atoms with van der Waals surface area (Å²) in [5.74, 6) is -1.94. The summed E-state index contributed by atoms with van der Waals surface area (Å²) in [4.78, 5) is 24.9. The monoisotopic (exact) mass is 237 g/mol. The zero-order valence-corrected chi connectivity index (χ0v) is 8.83. The first kappa shape index (κ1) is 12.6. The molecule has 0 aliphatic carbocycles. The van der Waals surface area contributed by atoms with Gasteiger partial charge in [0.2, 0.25) is 0 Å². The number of aliphatic carboxylic acids is 2. The zero-order chi connectivity index (χ0) is 12.7. The first-order valence-corrected chi connectivity index (χ1v) is 4.78. The lowest BCUT2D eigenvalue weighted by Crippen LogP contribution is -2.16. The Morgan fingerprint density at radius 2 is 2.06 bits per heavy atom. The highest BCUT2D eigenvalue weighted by Gasteiger charge is 2.11. The highest BCUT2D eigenvalue weighted by atomic mass is 16.4. The fourth-order valence-electron chi connectivity index (χ4n) is 0.990. The van der Waals surface area contributed by atoms with E-state index in [9.17, 15) is 9.59 Å². The highest BCUT2D eigenvalue weighted by molar-refractivity contribution is 6.35. The van der Waals surface area contributed by atoms with Gasteiger partial charge in [0.25, 0.3) is 0 Å². The third-order valence-electron chi connectivity index (χ3n) is 1.79. The molecular formula is C10H11N3O4. The molecule has 0 unspecified atom stereocenters. The number of pyridine rings is 1. The third kappa shape index (κ3) is 4.74. The Morgan fingerprint density at radius 1 is 1.29 bits per heavy atom. The number of carboxylic acids is 2. The fourth-order valence-corrected chi connectivity index (χ4v) is 0.990. The van der Waals surface area contributed by atoms with E-state index < -0.39 is 11.9 Å². The molecule has 0 aliphatic heterocycles. The average molecular weight is 237 g/mol. The van der Waals surface area contributed by atoms with E-state index in [-0.39, 0.29) is 18.6 Å². The number of nitrogens with one attached hydrogen (secondary N) is 1. The summed E-state index contributed by atoms with van der Waals surface area (Å²) in [6, 6.07) is 5.03. The van der Waals surface area contributed by atoms with Crippen molar-refractivity contribution in [2.24, 2.45) is 5.10 Å². The average Bonchev–Trinajstić information content (AvgIpc) is 2.29. The van der Waals surface area contributed by atoms with Gasteiger partial charge in [-0.3, -0.25) is 10.2 Å². The molecule has 0 aromatic carbocycles. The van der Waals surface area contributed by atoms with Gasteiger partial charge >= 0.3 is 11.9 Å². The SMILES string of the molecule is O=C(O)CCC(=NNc1ccccn1)C(=O)O. The highest BCUT2D eigenvalue weighted by Crippen LogP contribution is 2.01. The van der Waals surface area contributed by atoms with E-state index in [1.807, 2.05) is 0 Å². The molecule has 0 saturated carbocycles. The quantitative estimate of drug-likeness (QED) is 0.498. The van der Waals surface area contributed by atoms with Crippen molar-refractivity contribution in [2.75, 3.05) is 5.43 Å². The van der Waals surface area contributed by atoms with Gasteiger partial charge in [-0.1, -0.05) is 6.07 Å². The van der Waals surface area contributed by atoms with Crippen LogP contribution >= 0.6 is 0 Å². The van der Waals surface area contributed by atoms with Crippen molar-refractivity contribution in [1.82, 2.24) is 4.98 Å². The molecule has 1 heterocycles. The minimum absolute atomic E-state index is 0.148. The molecule has 0 bridgehead atoms. The van der Waals surface area contributed by atoms with Crippen molar-refractivity contribution >= 4 is 23.5 Å². The number of nitrogens with zero attached hydrogens (tertiary/aromatic N) is 2. The molecule has 0 aliphatic rings. The number of aromatic nitrogens is 1. The van der Waals surface area contributed by atoms with Crippen LogP contribution in [0.5, 0.6) is 0 Å². The molecule has 7 heteroatoms. The summed E-state index contributed by atoms with van der Waals surface area (Å²) in [6.07, 6.45) is 1.09. The van der Waals surface area contributed by atoms with Gasteiger partial charge in [-0.15, -0.1) is 0 Å². The van der Waals surface area contributed by atoms with Crippen LogP contribution in [0.2, 0.25) is 0 Å². The Morgan fingerprint density at radius 3 is 2.59 bits per heavy atom. The molecule has 90 valence electrons. The number of hydrogen-bond donors (Lipinski definition) is 3. The van der Waals surface area contributed by atoms with E-state index in [1.54, 1.807) is 18.2 Å². The summed E-state index contributed by atoms with van der Waals surface area (Å²) in [7, 11) is 0. The van der Waals surface area contributed by atoms with Gasteiger partial charge in [-0.25, -0.2) is 9.78 Å². The molecule has 3 N–H and O–H groups in total. The van der Waals surface area contributed by atoms with Gasteiger partial charge in [0.05, 0.1) is 6.42 Å². The number of carbonyl (C=O) groups is 2. The van der Waals surface area contributed by atoms with E-state index in [2.05, 4.69) is 15.5 Å². The van der Waals surface area contributed by atoms with E-state index in [0.717, 1.165) is 0 Å². The van der Waals surface area contributed by atoms with Crippen LogP contribution < -0.4 is 5.43 Å². The fraction of sp³-hybridized carbons (Fsp3) is 0.200. The smallest absolute Gasteiger partial charge is 0.352 e. The lowest BCUT2D eigenvalue weighted by Gasteiger charge is -2.01. The molecule has 1 aromatic heterocycles. The predicted octanol–water partition coefficient (Wildman–Crippen LogP) is 0.799. The van der Waals surface area contributed by atoms with E-state index in [0.29, 0.717) is 5.82 Å². The lowest BCUT2D eigenvalue weighted by molar-refractivity contribution is -0.136. The van der Waals surface area contributed by atoms with Crippen molar-refractivity contribution in [3.8, 4) is 0 Å². The van der Waals surface area contributed by atoms with Gasteiger partial charge in [0, 0.05) is 12.6 Å².